The van der Waals surface area contributed by atoms with E-state index in [1.165, 1.54) is 5.56 Å². The van der Waals surface area contributed by atoms with Crippen molar-refractivity contribution < 1.29 is 10.1 Å². The smallest absolute Gasteiger partial charge is 0.176 e. The Morgan fingerprint density at radius 3 is 2.22 bits per heavy atom. The first-order valence-electron chi connectivity index (χ1n) is 6.42. The fourth-order valence-electron chi connectivity index (χ4n) is 2.25. The van der Waals surface area contributed by atoms with Crippen LogP contribution in [-0.4, -0.2) is 5.26 Å². The summed E-state index contributed by atoms with van der Waals surface area (Å²) in [4.78, 5) is 4.62. The second-order valence-electron chi connectivity index (χ2n) is 5.37. The summed E-state index contributed by atoms with van der Waals surface area (Å²) in [6, 6.07) is 10.4. The summed E-state index contributed by atoms with van der Waals surface area (Å²) in [5, 5.41) is 11.2. The van der Waals surface area contributed by atoms with Crippen molar-refractivity contribution >= 4 is 10.8 Å². The van der Waals surface area contributed by atoms with Crippen LogP contribution in [0, 0.1) is 0 Å². The maximum Gasteiger partial charge on any atom is 0.176 e. The van der Waals surface area contributed by atoms with Gasteiger partial charge in [0.2, 0.25) is 0 Å². The van der Waals surface area contributed by atoms with Crippen LogP contribution in [0.3, 0.4) is 0 Å². The third-order valence-corrected chi connectivity index (χ3v) is 3.40. The Labute approximate surface area is 108 Å². The summed E-state index contributed by atoms with van der Waals surface area (Å²) in [5.74, 6) is 1.40. The summed E-state index contributed by atoms with van der Waals surface area (Å²) in [6.07, 6.45) is 0. The minimum atomic E-state index is 0.321. The monoisotopic (exact) mass is 244 g/mol. The lowest BCUT2D eigenvalue weighted by Crippen LogP contribution is -1.96. The number of hydrogen-bond acceptors (Lipinski definition) is 2. The van der Waals surface area contributed by atoms with Gasteiger partial charge in [0.25, 0.3) is 0 Å². The second-order valence-corrected chi connectivity index (χ2v) is 5.37. The van der Waals surface area contributed by atoms with Gasteiger partial charge in [-0.2, -0.15) is 0 Å². The Balaban J connectivity index is 2.67. The predicted molar refractivity (Wildman–Crippen MR) is 75.4 cm³/mol. The van der Waals surface area contributed by atoms with E-state index in [2.05, 4.69) is 50.8 Å². The molecule has 1 N–H and O–H groups in total. The molecule has 0 bridgehead atoms. The summed E-state index contributed by atoms with van der Waals surface area (Å²) >= 11 is 0. The highest BCUT2D eigenvalue weighted by atomic mass is 17.1. The van der Waals surface area contributed by atoms with Crippen LogP contribution in [0.25, 0.3) is 10.8 Å². The van der Waals surface area contributed by atoms with Crippen molar-refractivity contribution in [2.45, 2.75) is 39.5 Å². The standard InChI is InChI=1S/C16H20O2/c1-10(2)12-5-8-15-13(9-12)6-7-14(11(3)4)16(15)18-17/h5-11,17H,1-4H3. The van der Waals surface area contributed by atoms with Crippen molar-refractivity contribution in [2.75, 3.05) is 0 Å². The molecule has 2 aromatic rings. The van der Waals surface area contributed by atoms with Gasteiger partial charge in [0.15, 0.2) is 5.75 Å². The van der Waals surface area contributed by atoms with Crippen LogP contribution in [0.5, 0.6) is 5.75 Å². The molecule has 0 fully saturated rings. The highest BCUT2D eigenvalue weighted by Crippen LogP contribution is 2.35. The van der Waals surface area contributed by atoms with Crippen LogP contribution >= 0.6 is 0 Å². The fraction of sp³-hybridized carbons (Fsp3) is 0.375. The van der Waals surface area contributed by atoms with E-state index >= 15 is 0 Å². The molecule has 2 aromatic carbocycles. The average Bonchev–Trinajstić information content (AvgIpc) is 2.36. The van der Waals surface area contributed by atoms with E-state index in [1.54, 1.807) is 0 Å². The van der Waals surface area contributed by atoms with E-state index in [9.17, 15) is 0 Å². The molecule has 0 amide bonds. The summed E-state index contributed by atoms with van der Waals surface area (Å²) in [7, 11) is 0. The van der Waals surface area contributed by atoms with Crippen molar-refractivity contribution in [2.24, 2.45) is 0 Å². The van der Waals surface area contributed by atoms with Gasteiger partial charge in [0.05, 0.1) is 0 Å². The van der Waals surface area contributed by atoms with E-state index in [4.69, 9.17) is 5.26 Å². The molecule has 0 aliphatic heterocycles. The van der Waals surface area contributed by atoms with Gasteiger partial charge in [-0.15, -0.1) is 0 Å². The summed E-state index contributed by atoms with van der Waals surface area (Å²) in [5.41, 5.74) is 2.32. The highest BCUT2D eigenvalue weighted by Gasteiger charge is 2.13. The van der Waals surface area contributed by atoms with E-state index in [0.29, 0.717) is 17.6 Å². The quantitative estimate of drug-likeness (QED) is 0.612. The van der Waals surface area contributed by atoms with Gasteiger partial charge in [0, 0.05) is 10.9 Å². The van der Waals surface area contributed by atoms with Gasteiger partial charge < -0.3 is 4.89 Å². The zero-order chi connectivity index (χ0) is 13.3. The van der Waals surface area contributed by atoms with Gasteiger partial charge >= 0.3 is 0 Å². The molecule has 0 spiro atoms. The molecule has 2 rings (SSSR count). The van der Waals surface area contributed by atoms with E-state index < -0.39 is 0 Å². The highest BCUT2D eigenvalue weighted by molar-refractivity contribution is 5.90. The number of rotatable bonds is 3. The fourth-order valence-corrected chi connectivity index (χ4v) is 2.25. The van der Waals surface area contributed by atoms with E-state index in [1.807, 2.05) is 12.1 Å². The molecule has 0 aromatic heterocycles. The third-order valence-electron chi connectivity index (χ3n) is 3.40. The largest absolute Gasteiger partial charge is 0.339 e. The predicted octanol–water partition coefficient (Wildman–Crippen LogP) is 4.94. The lowest BCUT2D eigenvalue weighted by Gasteiger charge is -2.14. The van der Waals surface area contributed by atoms with Crippen molar-refractivity contribution in [1.29, 1.82) is 0 Å². The zero-order valence-electron chi connectivity index (χ0n) is 11.4. The minimum absolute atomic E-state index is 0.321. The Morgan fingerprint density at radius 2 is 1.67 bits per heavy atom. The lowest BCUT2D eigenvalue weighted by atomic mass is 9.94. The van der Waals surface area contributed by atoms with Gasteiger partial charge in [-0.3, -0.25) is 0 Å². The molecule has 18 heavy (non-hydrogen) atoms. The SMILES string of the molecule is CC(C)c1ccc2c(OO)c(C(C)C)ccc2c1. The first-order valence-corrected chi connectivity index (χ1v) is 6.42. The van der Waals surface area contributed by atoms with Crippen molar-refractivity contribution in [3.05, 3.63) is 41.5 Å². The van der Waals surface area contributed by atoms with Crippen molar-refractivity contribution in [3.8, 4) is 5.75 Å². The van der Waals surface area contributed by atoms with Crippen LogP contribution < -0.4 is 4.89 Å². The molecule has 96 valence electrons. The molecule has 2 heteroatoms. The van der Waals surface area contributed by atoms with Crippen LogP contribution in [0.2, 0.25) is 0 Å². The molecule has 0 saturated heterocycles. The van der Waals surface area contributed by atoms with Crippen molar-refractivity contribution in [3.63, 3.8) is 0 Å². The Kier molecular flexibility index (Phi) is 3.58. The van der Waals surface area contributed by atoms with Crippen LogP contribution in [0.4, 0.5) is 0 Å². The zero-order valence-corrected chi connectivity index (χ0v) is 11.4. The molecular weight excluding hydrogens is 224 g/mol. The van der Waals surface area contributed by atoms with Gasteiger partial charge in [0.1, 0.15) is 0 Å². The van der Waals surface area contributed by atoms with Gasteiger partial charge in [-0.05, 0) is 22.8 Å². The Hall–Kier alpha value is -1.54. The van der Waals surface area contributed by atoms with E-state index in [-0.39, 0.29) is 0 Å². The molecule has 0 atom stereocenters. The first kappa shape index (κ1) is 12.9. The Bertz CT molecular complexity index is 556. The topological polar surface area (TPSA) is 29.5 Å². The van der Waals surface area contributed by atoms with Crippen LogP contribution in [0.15, 0.2) is 30.3 Å². The molecule has 0 aliphatic rings. The number of fused-ring (bicyclic) bond motifs is 1. The molecule has 0 aliphatic carbocycles. The molecule has 0 unspecified atom stereocenters. The van der Waals surface area contributed by atoms with Gasteiger partial charge in [-0.25, -0.2) is 5.26 Å². The second kappa shape index (κ2) is 4.99. The Morgan fingerprint density at radius 1 is 0.944 bits per heavy atom. The lowest BCUT2D eigenvalue weighted by molar-refractivity contribution is -0.137. The maximum absolute atomic E-state index is 9.14. The first-order chi connectivity index (χ1) is 8.54. The molecule has 2 nitrogen and oxygen atoms in total. The van der Waals surface area contributed by atoms with Gasteiger partial charge in [-0.1, -0.05) is 58.0 Å². The van der Waals surface area contributed by atoms with Crippen molar-refractivity contribution in [1.82, 2.24) is 0 Å². The molecular formula is C16H20O2. The van der Waals surface area contributed by atoms with E-state index in [0.717, 1.165) is 16.3 Å². The number of hydrogen-bond donors (Lipinski definition) is 1. The summed E-state index contributed by atoms with van der Waals surface area (Å²) in [6.45, 7) is 8.53. The van der Waals surface area contributed by atoms with Crippen LogP contribution in [-0.2, 0) is 0 Å². The normalized spacial score (nSPS) is 11.5. The number of benzene rings is 2. The molecule has 0 saturated carbocycles. The molecule has 0 radical (unpaired) electrons. The van der Waals surface area contributed by atoms with Crippen LogP contribution in [0.1, 0.15) is 50.7 Å². The minimum Gasteiger partial charge on any atom is -0.339 e. The average molecular weight is 244 g/mol. The third kappa shape index (κ3) is 2.21. The molecule has 0 heterocycles. The maximum atomic E-state index is 9.14. The summed E-state index contributed by atoms with van der Waals surface area (Å²) < 4.78 is 0.